The number of thioether (sulfide) groups is 1. The second-order valence-electron chi connectivity index (χ2n) is 3.73. The molecule has 0 aliphatic carbocycles. The Kier molecular flexibility index (Phi) is 6.95. The SMILES string of the molecule is C=C(CSc1nnnn1-c1ccccc1)[B-](F)(F)F.[K+]. The summed E-state index contributed by atoms with van der Waals surface area (Å²) in [5.41, 5.74) is -0.0641. The van der Waals surface area contributed by atoms with Gasteiger partial charge in [-0.25, -0.2) is 0 Å². The Morgan fingerprint density at radius 2 is 1.90 bits per heavy atom. The van der Waals surface area contributed by atoms with E-state index < -0.39 is 12.4 Å². The number of halogens is 3. The Morgan fingerprint density at radius 1 is 1.25 bits per heavy atom. The average Bonchev–Trinajstić information content (AvgIpc) is 2.84. The fourth-order valence-electron chi connectivity index (χ4n) is 1.25. The van der Waals surface area contributed by atoms with Crippen LogP contribution in [0.4, 0.5) is 12.9 Å². The molecule has 0 fully saturated rings. The number of nitrogens with zero attached hydrogens (tertiary/aromatic N) is 4. The largest absolute Gasteiger partial charge is 1.00 e. The average molecular weight is 324 g/mol. The molecule has 0 unspecified atom stereocenters. The first kappa shape index (κ1) is 17.9. The number of benzene rings is 1. The van der Waals surface area contributed by atoms with E-state index in [0.717, 1.165) is 11.8 Å². The van der Waals surface area contributed by atoms with Crippen LogP contribution in [0.25, 0.3) is 5.69 Å². The third kappa shape index (κ3) is 4.71. The normalized spacial score (nSPS) is 10.9. The van der Waals surface area contributed by atoms with Crippen molar-refractivity contribution in [3.63, 3.8) is 0 Å². The van der Waals surface area contributed by atoms with Gasteiger partial charge in [0, 0.05) is 0 Å². The molecule has 0 radical (unpaired) electrons. The zero-order chi connectivity index (χ0) is 13.9. The number of aromatic nitrogens is 4. The Labute approximate surface area is 160 Å². The maximum absolute atomic E-state index is 12.4. The standard InChI is InChI=1S/C10H9BF3N4S.K/c1-8(11(12,13)14)7-19-10-15-16-17-18(10)9-5-3-2-4-6-9;/h2-6H,1,7H2;/q-1;+1. The van der Waals surface area contributed by atoms with Gasteiger partial charge in [-0.3, -0.25) is 0 Å². The molecular weight excluding hydrogens is 315 g/mol. The molecule has 2 aromatic rings. The first-order valence-corrected chi connectivity index (χ1v) is 6.31. The third-order valence-electron chi connectivity index (χ3n) is 2.29. The summed E-state index contributed by atoms with van der Waals surface area (Å²) in [5, 5.41) is 11.2. The molecule has 100 valence electrons. The van der Waals surface area contributed by atoms with Crippen LogP contribution < -0.4 is 51.4 Å². The maximum atomic E-state index is 12.4. The minimum atomic E-state index is -5.02. The van der Waals surface area contributed by atoms with Gasteiger partial charge in [0.15, 0.2) is 0 Å². The van der Waals surface area contributed by atoms with Crippen LogP contribution in [0.15, 0.2) is 47.5 Å². The van der Waals surface area contributed by atoms with Gasteiger partial charge in [-0.1, -0.05) is 30.0 Å². The van der Waals surface area contributed by atoms with E-state index in [2.05, 4.69) is 22.1 Å². The summed E-state index contributed by atoms with van der Waals surface area (Å²) < 4.78 is 38.6. The van der Waals surface area contributed by atoms with Crippen molar-refractivity contribution in [1.29, 1.82) is 0 Å². The molecule has 0 aliphatic rings. The third-order valence-corrected chi connectivity index (χ3v) is 3.32. The molecule has 4 nitrogen and oxygen atoms in total. The van der Waals surface area contributed by atoms with E-state index in [1.807, 2.05) is 6.07 Å². The fraction of sp³-hybridized carbons (Fsp3) is 0.100. The van der Waals surface area contributed by atoms with Crippen molar-refractivity contribution < 1.29 is 64.3 Å². The summed E-state index contributed by atoms with van der Waals surface area (Å²) in [6, 6.07) is 8.95. The molecule has 1 heterocycles. The first-order chi connectivity index (χ1) is 8.98. The molecule has 0 saturated heterocycles. The number of hydrogen-bond donors (Lipinski definition) is 0. The topological polar surface area (TPSA) is 43.6 Å². The van der Waals surface area contributed by atoms with Gasteiger partial charge < -0.3 is 12.9 Å². The molecule has 0 N–H and O–H groups in total. The minimum Gasteiger partial charge on any atom is -0.445 e. The zero-order valence-electron chi connectivity index (χ0n) is 10.7. The maximum Gasteiger partial charge on any atom is 1.00 e. The van der Waals surface area contributed by atoms with Crippen LogP contribution in [0, 0.1) is 0 Å². The molecule has 1 aromatic carbocycles. The summed E-state index contributed by atoms with van der Waals surface area (Å²) in [6.07, 6.45) is 0. The van der Waals surface area contributed by atoms with E-state index in [9.17, 15) is 12.9 Å². The van der Waals surface area contributed by atoms with E-state index in [4.69, 9.17) is 0 Å². The van der Waals surface area contributed by atoms with Gasteiger partial charge in [-0.05, 0) is 28.3 Å². The van der Waals surface area contributed by atoms with Crippen LogP contribution in [-0.2, 0) is 0 Å². The summed E-state index contributed by atoms with van der Waals surface area (Å²) in [5.74, 6) is -0.281. The Bertz CT molecular complexity index is 575. The van der Waals surface area contributed by atoms with Crippen LogP contribution in [-0.4, -0.2) is 32.9 Å². The molecule has 0 aliphatic heterocycles. The number of rotatable bonds is 5. The van der Waals surface area contributed by atoms with Gasteiger partial charge in [0.25, 0.3) is 0 Å². The van der Waals surface area contributed by atoms with Gasteiger partial charge in [0.1, 0.15) is 0 Å². The first-order valence-electron chi connectivity index (χ1n) is 5.32. The van der Waals surface area contributed by atoms with Crippen molar-refractivity contribution in [3.05, 3.63) is 42.4 Å². The van der Waals surface area contributed by atoms with Crippen molar-refractivity contribution in [2.45, 2.75) is 5.16 Å². The van der Waals surface area contributed by atoms with Gasteiger partial charge in [0.2, 0.25) is 5.16 Å². The second kappa shape index (κ2) is 7.76. The van der Waals surface area contributed by atoms with E-state index >= 15 is 0 Å². The van der Waals surface area contributed by atoms with Crippen LogP contribution in [0.1, 0.15) is 0 Å². The summed E-state index contributed by atoms with van der Waals surface area (Å²) in [6.45, 7) is -1.99. The zero-order valence-corrected chi connectivity index (χ0v) is 14.6. The Hall–Kier alpha value is -0.129. The predicted molar refractivity (Wildman–Crippen MR) is 68.1 cm³/mol. The smallest absolute Gasteiger partial charge is 0.445 e. The molecule has 0 spiro atoms. The van der Waals surface area contributed by atoms with E-state index in [1.165, 1.54) is 4.68 Å². The predicted octanol–water partition coefficient (Wildman–Crippen LogP) is -0.299. The van der Waals surface area contributed by atoms with Gasteiger partial charge in [-0.15, -0.1) is 17.2 Å². The van der Waals surface area contributed by atoms with Crippen molar-refractivity contribution >= 4 is 18.7 Å². The molecule has 0 bridgehead atoms. The summed E-state index contributed by atoms with van der Waals surface area (Å²) in [7, 11) is 0. The van der Waals surface area contributed by atoms with Crippen LogP contribution in [0.2, 0.25) is 0 Å². The number of hydrogen-bond acceptors (Lipinski definition) is 4. The molecular formula is C10H9BF3KN4S. The van der Waals surface area contributed by atoms with Crippen LogP contribution >= 0.6 is 11.8 Å². The van der Waals surface area contributed by atoms with Crippen molar-refractivity contribution in [2.24, 2.45) is 0 Å². The van der Waals surface area contributed by atoms with Crippen molar-refractivity contribution in [2.75, 3.05) is 5.75 Å². The summed E-state index contributed by atoms with van der Waals surface area (Å²) in [4.78, 5) is 0. The minimum absolute atomic E-state index is 0. The van der Waals surface area contributed by atoms with Gasteiger partial charge in [-0.2, -0.15) is 4.68 Å². The van der Waals surface area contributed by atoms with E-state index in [0.29, 0.717) is 10.8 Å². The van der Waals surface area contributed by atoms with Crippen molar-refractivity contribution in [3.8, 4) is 5.69 Å². The van der Waals surface area contributed by atoms with Crippen LogP contribution in [0.3, 0.4) is 0 Å². The Balaban J connectivity index is 0.00000200. The van der Waals surface area contributed by atoms with Crippen molar-refractivity contribution in [1.82, 2.24) is 20.2 Å². The quantitative estimate of drug-likeness (QED) is 0.560. The number of para-hydroxylation sites is 1. The van der Waals surface area contributed by atoms with E-state index in [-0.39, 0.29) is 57.1 Å². The van der Waals surface area contributed by atoms with Crippen LogP contribution in [0.5, 0.6) is 0 Å². The summed E-state index contributed by atoms with van der Waals surface area (Å²) >= 11 is 0.906. The van der Waals surface area contributed by atoms with E-state index in [1.54, 1.807) is 24.3 Å². The Morgan fingerprint density at radius 3 is 2.50 bits per heavy atom. The molecule has 20 heavy (non-hydrogen) atoms. The monoisotopic (exact) mass is 324 g/mol. The molecule has 2 rings (SSSR count). The van der Waals surface area contributed by atoms with Gasteiger partial charge >= 0.3 is 58.4 Å². The molecule has 0 saturated carbocycles. The second-order valence-corrected chi connectivity index (χ2v) is 4.67. The van der Waals surface area contributed by atoms with Gasteiger partial charge in [0.05, 0.1) is 5.69 Å². The molecule has 1 aromatic heterocycles. The molecule has 0 amide bonds. The molecule has 0 atom stereocenters. The number of tetrazole rings is 1. The fourth-order valence-corrected chi connectivity index (χ4v) is 2.11. The molecule has 10 heteroatoms.